The van der Waals surface area contributed by atoms with Gasteiger partial charge in [-0.3, -0.25) is 10.1 Å². The van der Waals surface area contributed by atoms with Crippen molar-refractivity contribution in [1.82, 2.24) is 0 Å². The van der Waals surface area contributed by atoms with E-state index in [0.717, 1.165) is 12.8 Å². The molecule has 1 N–H and O–H groups in total. The molecule has 0 atom stereocenters. The number of phenolic OH excluding ortho intramolecular Hbond substituents is 1. The minimum Gasteiger partial charge on any atom is -0.504 e. The highest BCUT2D eigenvalue weighted by Gasteiger charge is 2.14. The minimum atomic E-state index is -0.557. The molecule has 8 nitrogen and oxygen atoms in total. The van der Waals surface area contributed by atoms with Crippen LogP contribution in [0.25, 0.3) is 10.8 Å². The molecule has 0 aliphatic heterocycles. The molecular formula is C35H46N4O4. The molecule has 0 heterocycles. The summed E-state index contributed by atoms with van der Waals surface area (Å²) in [6, 6.07) is 14.7. The highest BCUT2D eigenvalue weighted by molar-refractivity contribution is 5.98. The van der Waals surface area contributed by atoms with Gasteiger partial charge in [-0.2, -0.15) is 5.26 Å². The van der Waals surface area contributed by atoms with Crippen molar-refractivity contribution in [3.05, 3.63) is 64.2 Å². The smallest absolute Gasteiger partial charge is 0.270 e. The number of fused-ring (bicyclic) bond motifs is 1. The standard InChI is InChI=1S/C35H46N4O4/c1-2-3-4-5-6-7-8-9-10-11-12-13-14-15-16-19-24-43-34-26-33(30-20-17-18-21-31(30)35(34)40)38-37-32-23-22-29(39(41)42)25-28(32)27-36/h17-18,20-23,25-26,40H,2-16,19,24H2,1H3/b38-37+. The second kappa shape index (κ2) is 19.2. The van der Waals surface area contributed by atoms with Crippen molar-refractivity contribution in [1.29, 1.82) is 5.26 Å². The Hall–Kier alpha value is -3.99. The van der Waals surface area contributed by atoms with Crippen LogP contribution in [0.5, 0.6) is 11.5 Å². The summed E-state index contributed by atoms with van der Waals surface area (Å²) in [5, 5.41) is 41.1. The summed E-state index contributed by atoms with van der Waals surface area (Å²) >= 11 is 0. The Morgan fingerprint density at radius 2 is 1.30 bits per heavy atom. The number of phenols is 1. The summed E-state index contributed by atoms with van der Waals surface area (Å²) in [5.74, 6) is 0.386. The molecule has 3 rings (SSSR count). The van der Waals surface area contributed by atoms with Crippen LogP contribution in [0.1, 0.15) is 115 Å². The summed E-state index contributed by atoms with van der Waals surface area (Å²) in [7, 11) is 0. The number of nitro benzene ring substituents is 1. The van der Waals surface area contributed by atoms with Crippen molar-refractivity contribution < 1.29 is 14.8 Å². The molecule has 0 saturated carbocycles. The fraction of sp³-hybridized carbons (Fsp3) is 0.514. The molecule has 3 aromatic carbocycles. The Labute approximate surface area is 256 Å². The van der Waals surface area contributed by atoms with Crippen LogP contribution < -0.4 is 4.74 Å². The van der Waals surface area contributed by atoms with Gasteiger partial charge in [0, 0.05) is 29.0 Å². The molecule has 0 fully saturated rings. The molecule has 8 heteroatoms. The third kappa shape index (κ3) is 11.3. The Morgan fingerprint density at radius 1 is 0.767 bits per heavy atom. The summed E-state index contributed by atoms with van der Waals surface area (Å²) < 4.78 is 5.96. The molecule has 0 spiro atoms. The first-order chi connectivity index (χ1) is 21.0. The van der Waals surface area contributed by atoms with Gasteiger partial charge in [-0.25, -0.2) is 0 Å². The van der Waals surface area contributed by atoms with Crippen molar-refractivity contribution >= 4 is 27.8 Å². The highest BCUT2D eigenvalue weighted by atomic mass is 16.6. The fourth-order valence-electron chi connectivity index (χ4n) is 5.26. The number of ether oxygens (including phenoxy) is 1. The molecule has 0 aliphatic rings. The van der Waals surface area contributed by atoms with Crippen LogP contribution in [0.2, 0.25) is 0 Å². The summed E-state index contributed by atoms with van der Waals surface area (Å²) in [4.78, 5) is 10.5. The number of rotatable bonds is 21. The van der Waals surface area contributed by atoms with Gasteiger partial charge in [0.1, 0.15) is 11.8 Å². The number of unbranched alkanes of at least 4 members (excludes halogenated alkanes) is 15. The van der Waals surface area contributed by atoms with Gasteiger partial charge < -0.3 is 9.84 Å². The zero-order chi connectivity index (χ0) is 30.7. The number of nitrogens with zero attached hydrogens (tertiary/aromatic N) is 4. The van der Waals surface area contributed by atoms with E-state index in [1.807, 2.05) is 24.3 Å². The van der Waals surface area contributed by atoms with E-state index in [9.17, 15) is 20.5 Å². The van der Waals surface area contributed by atoms with E-state index in [4.69, 9.17) is 4.74 Å². The van der Waals surface area contributed by atoms with E-state index in [2.05, 4.69) is 17.2 Å². The van der Waals surface area contributed by atoms with Crippen LogP contribution in [0.15, 0.2) is 58.8 Å². The molecule has 0 amide bonds. The first-order valence-electron chi connectivity index (χ1n) is 16.0. The van der Waals surface area contributed by atoms with E-state index in [-0.39, 0.29) is 22.7 Å². The number of nitriles is 1. The van der Waals surface area contributed by atoms with E-state index in [1.54, 1.807) is 12.1 Å². The highest BCUT2D eigenvalue weighted by Crippen LogP contribution is 2.41. The molecule has 0 radical (unpaired) electrons. The van der Waals surface area contributed by atoms with Gasteiger partial charge in [0.25, 0.3) is 5.69 Å². The normalized spacial score (nSPS) is 11.3. The molecule has 0 aromatic heterocycles. The van der Waals surface area contributed by atoms with Gasteiger partial charge in [0.05, 0.1) is 22.8 Å². The first-order valence-corrected chi connectivity index (χ1v) is 16.0. The quantitative estimate of drug-likeness (QED) is 0.0576. The SMILES string of the molecule is CCCCCCCCCCCCCCCCCCOc1cc(/N=N/c2ccc([N+](=O)[O-])cc2C#N)c2ccccc2c1O. The number of azo groups is 1. The Bertz CT molecular complexity index is 1370. The maximum Gasteiger partial charge on any atom is 0.270 e. The van der Waals surface area contributed by atoms with E-state index in [0.29, 0.717) is 28.8 Å². The van der Waals surface area contributed by atoms with Crippen LogP contribution in [0.3, 0.4) is 0 Å². The van der Waals surface area contributed by atoms with E-state index >= 15 is 0 Å². The van der Waals surface area contributed by atoms with Crippen LogP contribution in [0.4, 0.5) is 17.1 Å². The maximum atomic E-state index is 11.0. The fourth-order valence-corrected chi connectivity index (χ4v) is 5.26. The predicted octanol–water partition coefficient (Wildman–Crippen LogP) is 11.4. The van der Waals surface area contributed by atoms with Crippen LogP contribution in [0, 0.1) is 21.4 Å². The lowest BCUT2D eigenvalue weighted by molar-refractivity contribution is -0.384. The van der Waals surface area contributed by atoms with Gasteiger partial charge >= 0.3 is 0 Å². The maximum absolute atomic E-state index is 11.0. The number of non-ortho nitro benzene ring substituents is 1. The van der Waals surface area contributed by atoms with Crippen LogP contribution in [-0.2, 0) is 0 Å². The lowest BCUT2D eigenvalue weighted by atomic mass is 10.0. The topological polar surface area (TPSA) is 121 Å². The average Bonchev–Trinajstić information content (AvgIpc) is 3.02. The van der Waals surface area contributed by atoms with Crippen LogP contribution in [-0.4, -0.2) is 16.6 Å². The van der Waals surface area contributed by atoms with Gasteiger partial charge in [-0.1, -0.05) is 128 Å². The van der Waals surface area contributed by atoms with Crippen molar-refractivity contribution in [3.8, 4) is 17.6 Å². The summed E-state index contributed by atoms with van der Waals surface area (Å²) in [6.45, 7) is 2.76. The monoisotopic (exact) mass is 586 g/mol. The predicted molar refractivity (Wildman–Crippen MR) is 173 cm³/mol. The molecule has 0 aliphatic carbocycles. The van der Waals surface area contributed by atoms with Gasteiger partial charge in [0.2, 0.25) is 0 Å². The zero-order valence-electron chi connectivity index (χ0n) is 25.6. The number of nitro groups is 1. The van der Waals surface area contributed by atoms with Crippen molar-refractivity contribution in [2.24, 2.45) is 10.2 Å². The number of hydrogen-bond acceptors (Lipinski definition) is 7. The molecule has 230 valence electrons. The van der Waals surface area contributed by atoms with Gasteiger partial charge in [-0.05, 0) is 12.5 Å². The van der Waals surface area contributed by atoms with E-state index < -0.39 is 4.92 Å². The molecule has 0 unspecified atom stereocenters. The third-order valence-corrected chi connectivity index (χ3v) is 7.79. The second-order valence-corrected chi connectivity index (χ2v) is 11.2. The minimum absolute atomic E-state index is 0.0547. The van der Waals surface area contributed by atoms with Gasteiger partial charge in [0.15, 0.2) is 11.5 Å². The Balaban J connectivity index is 1.41. The molecular weight excluding hydrogens is 540 g/mol. The summed E-state index contributed by atoms with van der Waals surface area (Å²) in [6.07, 6.45) is 20.8. The number of hydrogen-bond donors (Lipinski definition) is 1. The first kappa shape index (κ1) is 33.5. The molecule has 0 saturated heterocycles. The van der Waals surface area contributed by atoms with Crippen LogP contribution >= 0.6 is 0 Å². The molecule has 43 heavy (non-hydrogen) atoms. The van der Waals surface area contributed by atoms with Crippen molar-refractivity contribution in [2.45, 2.75) is 110 Å². The van der Waals surface area contributed by atoms with Crippen molar-refractivity contribution in [2.75, 3.05) is 6.61 Å². The average molecular weight is 587 g/mol. The zero-order valence-corrected chi connectivity index (χ0v) is 25.6. The third-order valence-electron chi connectivity index (χ3n) is 7.79. The van der Waals surface area contributed by atoms with E-state index in [1.165, 1.54) is 108 Å². The summed E-state index contributed by atoms with van der Waals surface area (Å²) in [5.41, 5.74) is 0.565. The number of aromatic hydroxyl groups is 1. The van der Waals surface area contributed by atoms with Crippen molar-refractivity contribution in [3.63, 3.8) is 0 Å². The Kier molecular flexibility index (Phi) is 15.0. The molecule has 3 aromatic rings. The lowest BCUT2D eigenvalue weighted by Crippen LogP contribution is -1.98. The Morgan fingerprint density at radius 3 is 1.86 bits per heavy atom. The molecule has 0 bridgehead atoms. The lowest BCUT2D eigenvalue weighted by Gasteiger charge is -2.12. The largest absolute Gasteiger partial charge is 0.504 e. The van der Waals surface area contributed by atoms with Gasteiger partial charge in [-0.15, -0.1) is 10.2 Å². The second-order valence-electron chi connectivity index (χ2n) is 11.2. The number of benzene rings is 3.